The molecule has 0 spiro atoms. The smallest absolute Gasteiger partial charge is 0.121 e. The number of fused-ring (bicyclic) bond motifs is 1. The number of aryl methyl sites for hydroxylation is 2. The van der Waals surface area contributed by atoms with Crippen molar-refractivity contribution in [2.75, 3.05) is 0 Å². The van der Waals surface area contributed by atoms with Crippen LogP contribution < -0.4 is 0 Å². The van der Waals surface area contributed by atoms with Gasteiger partial charge in [-0.15, -0.1) is 11.3 Å². The zero-order chi connectivity index (χ0) is 12.8. The highest BCUT2D eigenvalue weighted by Gasteiger charge is 2.14. The van der Waals surface area contributed by atoms with Crippen LogP contribution in [0.15, 0.2) is 0 Å². The van der Waals surface area contributed by atoms with Crippen LogP contribution in [0.2, 0.25) is 0 Å². The molecule has 1 atom stereocenters. The topological polar surface area (TPSA) is 33.1 Å². The second kappa shape index (κ2) is 7.25. The lowest BCUT2D eigenvalue weighted by Crippen LogP contribution is -1.95. The average molecular weight is 267 g/mol. The lowest BCUT2D eigenvalue weighted by Gasteiger charge is -2.06. The van der Waals surface area contributed by atoms with Crippen molar-refractivity contribution in [3.05, 3.63) is 15.6 Å². The Hall–Kier alpha value is -0.410. The summed E-state index contributed by atoms with van der Waals surface area (Å²) in [6.45, 7) is 1.82. The number of rotatable bonds is 1. The molecule has 1 N–H and O–H groups in total. The maximum Gasteiger partial charge on any atom is 0.121 e. The number of aliphatic hydroxyl groups excluding tert-OH is 1. The first-order valence-corrected chi connectivity index (χ1v) is 8.25. The van der Waals surface area contributed by atoms with Gasteiger partial charge in [-0.25, -0.2) is 4.98 Å². The van der Waals surface area contributed by atoms with E-state index in [0.29, 0.717) is 0 Å². The van der Waals surface area contributed by atoms with Gasteiger partial charge in [0.15, 0.2) is 0 Å². The standard InChI is InChI=1S/C15H25NOS/c1-12(17)15-16-13-10-8-6-4-2-3-5-7-9-11-14(13)18-15/h12,17H,2-11H2,1H3. The van der Waals surface area contributed by atoms with E-state index in [1.807, 2.05) is 6.92 Å². The molecule has 1 aliphatic carbocycles. The highest BCUT2D eigenvalue weighted by molar-refractivity contribution is 7.11. The third-order valence-corrected chi connectivity index (χ3v) is 5.05. The quantitative estimate of drug-likeness (QED) is 0.817. The van der Waals surface area contributed by atoms with Gasteiger partial charge in [-0.05, 0) is 32.6 Å². The van der Waals surface area contributed by atoms with Gasteiger partial charge >= 0.3 is 0 Å². The third kappa shape index (κ3) is 4.06. The number of thiazole rings is 1. The molecule has 1 aliphatic rings. The Morgan fingerprint density at radius 2 is 1.50 bits per heavy atom. The Morgan fingerprint density at radius 1 is 0.944 bits per heavy atom. The summed E-state index contributed by atoms with van der Waals surface area (Å²) in [4.78, 5) is 6.08. The van der Waals surface area contributed by atoms with Gasteiger partial charge in [0.25, 0.3) is 0 Å². The molecule has 0 radical (unpaired) electrons. The van der Waals surface area contributed by atoms with Gasteiger partial charge in [0.1, 0.15) is 11.1 Å². The van der Waals surface area contributed by atoms with Gasteiger partial charge in [0, 0.05) is 4.88 Å². The van der Waals surface area contributed by atoms with Crippen molar-refractivity contribution in [1.82, 2.24) is 4.98 Å². The first-order chi connectivity index (χ1) is 8.77. The Kier molecular flexibility index (Phi) is 5.64. The van der Waals surface area contributed by atoms with Gasteiger partial charge in [-0.2, -0.15) is 0 Å². The molecule has 1 heterocycles. The largest absolute Gasteiger partial charge is 0.386 e. The summed E-state index contributed by atoms with van der Waals surface area (Å²) in [5.74, 6) is 0. The van der Waals surface area contributed by atoms with Crippen LogP contribution in [0.5, 0.6) is 0 Å². The monoisotopic (exact) mass is 267 g/mol. The molecule has 18 heavy (non-hydrogen) atoms. The van der Waals surface area contributed by atoms with Crippen molar-refractivity contribution in [1.29, 1.82) is 0 Å². The van der Waals surface area contributed by atoms with E-state index in [2.05, 4.69) is 4.98 Å². The molecule has 1 aromatic rings. The molecular formula is C15H25NOS. The van der Waals surface area contributed by atoms with Gasteiger partial charge in [-0.3, -0.25) is 0 Å². The molecule has 102 valence electrons. The predicted octanol–water partition coefficient (Wildman–Crippen LogP) is 4.42. The van der Waals surface area contributed by atoms with Gasteiger partial charge < -0.3 is 5.11 Å². The maximum absolute atomic E-state index is 9.66. The molecule has 0 amide bonds. The normalized spacial score (nSPS) is 20.6. The van der Waals surface area contributed by atoms with Gasteiger partial charge in [0.05, 0.1) is 5.69 Å². The SMILES string of the molecule is CC(O)c1nc2c(s1)CCCCCCCCCC2. The fourth-order valence-electron chi connectivity index (χ4n) is 2.61. The van der Waals surface area contributed by atoms with E-state index in [4.69, 9.17) is 0 Å². The molecule has 0 bridgehead atoms. The van der Waals surface area contributed by atoms with Gasteiger partial charge in [-0.1, -0.05) is 38.5 Å². The lowest BCUT2D eigenvalue weighted by molar-refractivity contribution is 0.198. The van der Waals surface area contributed by atoms with Crippen molar-refractivity contribution in [3.8, 4) is 0 Å². The van der Waals surface area contributed by atoms with Gasteiger partial charge in [0.2, 0.25) is 0 Å². The molecular weight excluding hydrogens is 242 g/mol. The molecule has 0 aromatic carbocycles. The number of nitrogens with zero attached hydrogens (tertiary/aromatic N) is 1. The maximum atomic E-state index is 9.66. The summed E-state index contributed by atoms with van der Waals surface area (Å²) in [7, 11) is 0. The first kappa shape index (κ1) is 14.0. The molecule has 0 saturated carbocycles. The summed E-state index contributed by atoms with van der Waals surface area (Å²) in [6, 6.07) is 0. The third-order valence-electron chi connectivity index (χ3n) is 3.72. The minimum absolute atomic E-state index is 0.404. The second-order valence-electron chi connectivity index (χ2n) is 5.43. The Balaban J connectivity index is 2.05. The summed E-state index contributed by atoms with van der Waals surface area (Å²) in [5, 5.41) is 10.6. The van der Waals surface area contributed by atoms with Crippen LogP contribution in [-0.4, -0.2) is 10.1 Å². The summed E-state index contributed by atoms with van der Waals surface area (Å²) in [6.07, 6.45) is 12.7. The molecule has 3 heteroatoms. The van der Waals surface area contributed by atoms with Crippen molar-refractivity contribution in [2.45, 2.75) is 77.2 Å². The Bertz CT molecular complexity index is 330. The molecule has 0 fully saturated rings. The van der Waals surface area contributed by atoms with Crippen LogP contribution in [0.4, 0.5) is 0 Å². The van der Waals surface area contributed by atoms with E-state index in [0.717, 1.165) is 11.4 Å². The van der Waals surface area contributed by atoms with E-state index >= 15 is 0 Å². The zero-order valence-corrected chi connectivity index (χ0v) is 12.3. The van der Waals surface area contributed by atoms with Crippen LogP contribution in [0.1, 0.15) is 80.0 Å². The average Bonchev–Trinajstić information content (AvgIpc) is 2.72. The van der Waals surface area contributed by atoms with Crippen LogP contribution >= 0.6 is 11.3 Å². The van der Waals surface area contributed by atoms with Crippen molar-refractivity contribution < 1.29 is 5.11 Å². The second-order valence-corrected chi connectivity index (χ2v) is 6.54. The van der Waals surface area contributed by atoms with E-state index in [-0.39, 0.29) is 0 Å². The zero-order valence-electron chi connectivity index (χ0n) is 11.5. The predicted molar refractivity (Wildman–Crippen MR) is 77.1 cm³/mol. The minimum Gasteiger partial charge on any atom is -0.386 e. The van der Waals surface area contributed by atoms with E-state index in [1.165, 1.54) is 68.4 Å². The molecule has 0 saturated heterocycles. The molecule has 1 unspecified atom stereocenters. The Morgan fingerprint density at radius 3 is 2.11 bits per heavy atom. The van der Waals surface area contributed by atoms with Crippen molar-refractivity contribution in [2.24, 2.45) is 0 Å². The molecule has 1 aromatic heterocycles. The van der Waals surface area contributed by atoms with Crippen LogP contribution in [-0.2, 0) is 12.8 Å². The molecule has 2 rings (SSSR count). The first-order valence-electron chi connectivity index (χ1n) is 7.44. The fourth-order valence-corrected chi connectivity index (χ4v) is 3.70. The highest BCUT2D eigenvalue weighted by Crippen LogP contribution is 2.27. The lowest BCUT2D eigenvalue weighted by atomic mass is 10.0. The molecule has 2 nitrogen and oxygen atoms in total. The van der Waals surface area contributed by atoms with E-state index < -0.39 is 6.10 Å². The number of hydrogen-bond donors (Lipinski definition) is 1. The minimum atomic E-state index is -0.404. The number of aliphatic hydroxyl groups is 1. The van der Waals surface area contributed by atoms with Crippen molar-refractivity contribution in [3.63, 3.8) is 0 Å². The van der Waals surface area contributed by atoms with Crippen LogP contribution in [0.25, 0.3) is 0 Å². The van der Waals surface area contributed by atoms with Crippen LogP contribution in [0, 0.1) is 0 Å². The highest BCUT2D eigenvalue weighted by atomic mass is 32.1. The number of hydrogen-bond acceptors (Lipinski definition) is 3. The summed E-state index contributed by atoms with van der Waals surface area (Å²) < 4.78 is 0. The summed E-state index contributed by atoms with van der Waals surface area (Å²) in [5.41, 5.74) is 1.27. The number of aromatic nitrogens is 1. The Labute approximate surface area is 114 Å². The van der Waals surface area contributed by atoms with E-state index in [9.17, 15) is 5.11 Å². The van der Waals surface area contributed by atoms with Crippen molar-refractivity contribution >= 4 is 11.3 Å². The molecule has 0 aliphatic heterocycles. The van der Waals surface area contributed by atoms with E-state index in [1.54, 1.807) is 11.3 Å². The summed E-state index contributed by atoms with van der Waals surface area (Å²) >= 11 is 1.73. The van der Waals surface area contributed by atoms with Crippen LogP contribution in [0.3, 0.4) is 0 Å². The fraction of sp³-hybridized carbons (Fsp3) is 0.800.